The number of amides is 1. The number of rotatable bonds is 1. The molecule has 1 amide bonds. The van der Waals surface area contributed by atoms with Crippen molar-refractivity contribution in [3.63, 3.8) is 0 Å². The first-order chi connectivity index (χ1) is 9.29. The highest BCUT2D eigenvalue weighted by molar-refractivity contribution is 9.12. The van der Waals surface area contributed by atoms with E-state index in [1.165, 1.54) is 6.42 Å². The lowest BCUT2D eigenvalue weighted by Gasteiger charge is -2.29. The molecule has 2 nitrogen and oxygen atoms in total. The van der Waals surface area contributed by atoms with Gasteiger partial charge in [0, 0.05) is 13.1 Å². The second-order valence-electron chi connectivity index (χ2n) is 6.52. The van der Waals surface area contributed by atoms with Crippen molar-refractivity contribution in [2.45, 2.75) is 40.0 Å². The lowest BCUT2D eigenvalue weighted by atomic mass is 9.77. The fourth-order valence-corrected chi connectivity index (χ4v) is 5.60. The Kier molecular flexibility index (Phi) is 5.35. The molecule has 0 aliphatic carbocycles. The molecule has 1 aromatic rings. The SMILES string of the molecule is CC(C)(C)C1CCCN(C(=O)c2cc(Br)sc2Br)CC1. The Morgan fingerprint density at radius 3 is 2.55 bits per heavy atom. The summed E-state index contributed by atoms with van der Waals surface area (Å²) in [6.45, 7) is 8.68. The van der Waals surface area contributed by atoms with Crippen molar-refractivity contribution in [2.24, 2.45) is 11.3 Å². The fraction of sp³-hybridized carbons (Fsp3) is 0.667. The number of thiophene rings is 1. The summed E-state index contributed by atoms with van der Waals surface area (Å²) >= 11 is 8.49. The van der Waals surface area contributed by atoms with E-state index in [9.17, 15) is 4.79 Å². The average Bonchev–Trinajstić information content (AvgIpc) is 2.56. The van der Waals surface area contributed by atoms with Crippen LogP contribution in [0.3, 0.4) is 0 Å². The quantitative estimate of drug-likeness (QED) is 0.579. The summed E-state index contributed by atoms with van der Waals surface area (Å²) in [5, 5.41) is 0. The van der Waals surface area contributed by atoms with Crippen LogP contribution in [-0.4, -0.2) is 23.9 Å². The van der Waals surface area contributed by atoms with E-state index in [0.29, 0.717) is 11.3 Å². The minimum absolute atomic E-state index is 0.161. The summed E-state index contributed by atoms with van der Waals surface area (Å²) in [5.74, 6) is 0.867. The maximum atomic E-state index is 12.6. The van der Waals surface area contributed by atoms with Gasteiger partial charge in [-0.2, -0.15) is 0 Å². The van der Waals surface area contributed by atoms with Crippen LogP contribution in [0.1, 0.15) is 50.4 Å². The molecule has 2 heterocycles. The molecule has 5 heteroatoms. The summed E-state index contributed by atoms with van der Waals surface area (Å²) in [6.07, 6.45) is 3.44. The average molecular weight is 423 g/mol. The standard InChI is InChI=1S/C15H21Br2NOS/c1-15(2,3)10-5-4-7-18(8-6-10)14(19)11-9-12(16)20-13(11)17/h9-10H,4-8H2,1-3H3. The Morgan fingerprint density at radius 2 is 2.00 bits per heavy atom. The number of likely N-dealkylation sites (tertiary alicyclic amines) is 1. The summed E-state index contributed by atoms with van der Waals surface area (Å²) in [4.78, 5) is 14.6. The van der Waals surface area contributed by atoms with Crippen LogP contribution in [0.4, 0.5) is 0 Å². The molecule has 0 spiro atoms. The van der Waals surface area contributed by atoms with E-state index in [1.807, 2.05) is 11.0 Å². The molecule has 112 valence electrons. The topological polar surface area (TPSA) is 20.3 Å². The summed E-state index contributed by atoms with van der Waals surface area (Å²) in [6, 6.07) is 1.92. The van der Waals surface area contributed by atoms with Crippen molar-refractivity contribution in [1.29, 1.82) is 0 Å². The third-order valence-corrected chi connectivity index (χ3v) is 6.47. The minimum atomic E-state index is 0.161. The van der Waals surface area contributed by atoms with Crippen LogP contribution < -0.4 is 0 Å². The first kappa shape index (κ1) is 16.5. The van der Waals surface area contributed by atoms with Crippen LogP contribution in [-0.2, 0) is 0 Å². The second-order valence-corrected chi connectivity index (χ2v) is 10.3. The number of carbonyl (C=O) groups is 1. The van der Waals surface area contributed by atoms with Gasteiger partial charge in [0.2, 0.25) is 0 Å². The molecule has 1 saturated heterocycles. The molecule has 0 saturated carbocycles. The van der Waals surface area contributed by atoms with Crippen LogP contribution >= 0.6 is 43.2 Å². The first-order valence-electron chi connectivity index (χ1n) is 7.03. The molecule has 2 rings (SSSR count). The predicted molar refractivity (Wildman–Crippen MR) is 92.4 cm³/mol. The van der Waals surface area contributed by atoms with Crippen LogP contribution in [0.2, 0.25) is 0 Å². The van der Waals surface area contributed by atoms with Gasteiger partial charge in [0.1, 0.15) is 0 Å². The summed E-state index contributed by atoms with van der Waals surface area (Å²) in [7, 11) is 0. The van der Waals surface area contributed by atoms with Gasteiger partial charge < -0.3 is 4.90 Å². The zero-order chi connectivity index (χ0) is 14.9. The highest BCUT2D eigenvalue weighted by Gasteiger charge is 2.29. The van der Waals surface area contributed by atoms with Crippen molar-refractivity contribution >= 4 is 49.1 Å². The van der Waals surface area contributed by atoms with Crippen LogP contribution in [0.15, 0.2) is 13.6 Å². The normalized spacial score (nSPS) is 20.9. The Bertz CT molecular complexity index is 493. The van der Waals surface area contributed by atoms with Gasteiger partial charge in [0.25, 0.3) is 5.91 Å². The molecule has 0 N–H and O–H groups in total. The van der Waals surface area contributed by atoms with Crippen molar-refractivity contribution in [3.05, 3.63) is 19.2 Å². The molecule has 1 aromatic heterocycles. The van der Waals surface area contributed by atoms with Gasteiger partial charge >= 0.3 is 0 Å². The maximum Gasteiger partial charge on any atom is 0.255 e. The zero-order valence-electron chi connectivity index (χ0n) is 12.2. The highest BCUT2D eigenvalue weighted by atomic mass is 79.9. The maximum absolute atomic E-state index is 12.6. The molecule has 0 radical (unpaired) electrons. The van der Waals surface area contributed by atoms with Crippen molar-refractivity contribution in [3.8, 4) is 0 Å². The zero-order valence-corrected chi connectivity index (χ0v) is 16.2. The fourth-order valence-electron chi connectivity index (χ4n) is 2.82. The molecule has 1 fully saturated rings. The Labute approximate surface area is 142 Å². The molecule has 1 aliphatic heterocycles. The molecule has 0 bridgehead atoms. The van der Waals surface area contributed by atoms with Crippen molar-refractivity contribution < 1.29 is 4.79 Å². The smallest absolute Gasteiger partial charge is 0.255 e. The van der Waals surface area contributed by atoms with Gasteiger partial charge in [-0.1, -0.05) is 20.8 Å². The van der Waals surface area contributed by atoms with Crippen LogP contribution in [0.5, 0.6) is 0 Å². The molecular weight excluding hydrogens is 402 g/mol. The van der Waals surface area contributed by atoms with E-state index in [1.54, 1.807) is 11.3 Å². The summed E-state index contributed by atoms with van der Waals surface area (Å²) in [5.41, 5.74) is 1.13. The molecular formula is C15H21Br2NOS. The van der Waals surface area contributed by atoms with E-state index in [0.717, 1.165) is 39.1 Å². The Balaban J connectivity index is 2.07. The van der Waals surface area contributed by atoms with Gasteiger partial charge in [-0.25, -0.2) is 0 Å². The predicted octanol–water partition coefficient (Wildman–Crippen LogP) is 5.56. The highest BCUT2D eigenvalue weighted by Crippen LogP contribution is 2.36. The number of nitrogens with zero attached hydrogens (tertiary/aromatic N) is 1. The van der Waals surface area contributed by atoms with Gasteiger partial charge in [-0.15, -0.1) is 11.3 Å². The van der Waals surface area contributed by atoms with Crippen molar-refractivity contribution in [2.75, 3.05) is 13.1 Å². The van der Waals surface area contributed by atoms with E-state index in [4.69, 9.17) is 0 Å². The second kappa shape index (κ2) is 6.49. The number of hydrogen-bond acceptors (Lipinski definition) is 2. The molecule has 0 aromatic carbocycles. The lowest BCUT2D eigenvalue weighted by Crippen LogP contribution is -2.32. The van der Waals surface area contributed by atoms with E-state index in [-0.39, 0.29) is 5.91 Å². The molecule has 1 aliphatic rings. The van der Waals surface area contributed by atoms with Crippen LogP contribution in [0, 0.1) is 11.3 Å². The Hall–Kier alpha value is 0.130. The van der Waals surface area contributed by atoms with Crippen LogP contribution in [0.25, 0.3) is 0 Å². The molecule has 1 atom stereocenters. The third kappa shape index (κ3) is 3.86. The van der Waals surface area contributed by atoms with E-state index < -0.39 is 0 Å². The van der Waals surface area contributed by atoms with Crippen molar-refractivity contribution in [1.82, 2.24) is 4.90 Å². The largest absolute Gasteiger partial charge is 0.339 e. The number of hydrogen-bond donors (Lipinski definition) is 0. The Morgan fingerprint density at radius 1 is 1.30 bits per heavy atom. The van der Waals surface area contributed by atoms with Gasteiger partial charge in [-0.3, -0.25) is 4.79 Å². The lowest BCUT2D eigenvalue weighted by molar-refractivity contribution is 0.0755. The molecule has 20 heavy (non-hydrogen) atoms. The first-order valence-corrected chi connectivity index (χ1v) is 9.43. The van der Waals surface area contributed by atoms with E-state index in [2.05, 4.69) is 52.6 Å². The third-order valence-electron chi connectivity index (χ3n) is 4.13. The van der Waals surface area contributed by atoms with Gasteiger partial charge in [0.15, 0.2) is 0 Å². The summed E-state index contributed by atoms with van der Waals surface area (Å²) < 4.78 is 1.92. The van der Waals surface area contributed by atoms with Gasteiger partial charge in [-0.05, 0) is 68.5 Å². The number of halogens is 2. The molecule has 1 unspecified atom stereocenters. The number of carbonyl (C=O) groups excluding carboxylic acids is 1. The monoisotopic (exact) mass is 421 g/mol. The minimum Gasteiger partial charge on any atom is -0.339 e. The van der Waals surface area contributed by atoms with Gasteiger partial charge in [0.05, 0.1) is 13.1 Å². The van der Waals surface area contributed by atoms with E-state index >= 15 is 0 Å².